The number of esters is 2. The molecule has 302 valence electrons. The Bertz CT molecular complexity index is 1820. The average molecular weight is 793 g/mol. The van der Waals surface area contributed by atoms with Crippen molar-refractivity contribution in [3.05, 3.63) is 100 Å². The third kappa shape index (κ3) is 16.1. The molecule has 0 saturated heterocycles. The van der Waals surface area contributed by atoms with Crippen molar-refractivity contribution < 1.29 is 42.9 Å². The number of ether oxygens (including phenoxy) is 4. The Labute approximate surface area is 334 Å². The fourth-order valence-electron chi connectivity index (χ4n) is 5.01. The van der Waals surface area contributed by atoms with Crippen LogP contribution in [0, 0.1) is 0 Å². The van der Waals surface area contributed by atoms with Crippen LogP contribution in [-0.2, 0) is 36.8 Å². The van der Waals surface area contributed by atoms with E-state index in [-0.39, 0.29) is 35.6 Å². The second-order valence-corrected chi connectivity index (χ2v) is 15.2. The number of aryl methyl sites for hydroxylation is 1. The summed E-state index contributed by atoms with van der Waals surface area (Å²) >= 11 is 6.56. The van der Waals surface area contributed by atoms with Gasteiger partial charge in [0.1, 0.15) is 17.0 Å². The summed E-state index contributed by atoms with van der Waals surface area (Å²) in [4.78, 5) is 69.8. The van der Waals surface area contributed by atoms with Crippen molar-refractivity contribution in [2.24, 2.45) is 4.99 Å². The highest BCUT2D eigenvalue weighted by Crippen LogP contribution is 2.25. The number of amides is 3. The van der Waals surface area contributed by atoms with Gasteiger partial charge in [-0.3, -0.25) is 15.4 Å². The molecular formula is C42H53ClN4O9. The molecule has 0 aromatic heterocycles. The minimum Gasteiger partial charge on any atom is -0.462 e. The van der Waals surface area contributed by atoms with Crippen LogP contribution in [0.4, 0.5) is 9.59 Å². The number of halogens is 1. The molecule has 3 rings (SSSR count). The monoisotopic (exact) mass is 792 g/mol. The lowest BCUT2D eigenvalue weighted by Gasteiger charge is -2.22. The largest absolute Gasteiger partial charge is 0.462 e. The van der Waals surface area contributed by atoms with Crippen molar-refractivity contribution in [1.29, 1.82) is 0 Å². The van der Waals surface area contributed by atoms with Gasteiger partial charge in [0.2, 0.25) is 11.9 Å². The number of benzene rings is 2. The van der Waals surface area contributed by atoms with Gasteiger partial charge in [0.25, 0.3) is 0 Å². The van der Waals surface area contributed by atoms with Crippen molar-refractivity contribution in [2.45, 2.75) is 105 Å². The van der Waals surface area contributed by atoms with E-state index in [1.165, 1.54) is 18.2 Å². The molecule has 0 spiro atoms. The molecule has 1 unspecified atom stereocenters. The van der Waals surface area contributed by atoms with Crippen LogP contribution in [0.1, 0.15) is 96.1 Å². The van der Waals surface area contributed by atoms with E-state index in [0.29, 0.717) is 42.3 Å². The average Bonchev–Trinajstić information content (AvgIpc) is 3.34. The van der Waals surface area contributed by atoms with Crippen LogP contribution in [-0.4, -0.2) is 71.3 Å². The number of hydrogen-bond acceptors (Lipinski definition) is 10. The molecule has 2 aromatic carbocycles. The maximum absolute atomic E-state index is 13.2. The number of unbranched alkanes of at least 4 members (excludes halogenated alkanes) is 1. The van der Waals surface area contributed by atoms with E-state index in [4.69, 9.17) is 30.5 Å². The number of hydrogen-bond donors (Lipinski definition) is 2. The lowest BCUT2D eigenvalue weighted by atomic mass is 10.1. The number of allylic oxidation sites excluding steroid dienone is 2. The third-order valence-corrected chi connectivity index (χ3v) is 8.01. The van der Waals surface area contributed by atoms with E-state index in [1.54, 1.807) is 95.0 Å². The molecule has 0 saturated carbocycles. The number of carbonyl (C=O) groups is 5. The van der Waals surface area contributed by atoms with Crippen LogP contribution in [0.25, 0.3) is 0 Å². The molecule has 14 heteroatoms. The van der Waals surface area contributed by atoms with Gasteiger partial charge in [-0.15, -0.1) is 0 Å². The van der Waals surface area contributed by atoms with Crippen molar-refractivity contribution in [3.8, 4) is 5.75 Å². The van der Waals surface area contributed by atoms with Gasteiger partial charge in [-0.05, 0) is 109 Å². The van der Waals surface area contributed by atoms with Gasteiger partial charge in [-0.1, -0.05) is 61.4 Å². The van der Waals surface area contributed by atoms with Crippen molar-refractivity contribution >= 4 is 47.6 Å². The Morgan fingerprint density at radius 3 is 2.16 bits per heavy atom. The lowest BCUT2D eigenvalue weighted by molar-refractivity contribution is -0.131. The molecule has 1 atom stereocenters. The number of nitrogens with zero attached hydrogens (tertiary/aromatic N) is 2. The second kappa shape index (κ2) is 21.0. The van der Waals surface area contributed by atoms with Crippen LogP contribution in [0.5, 0.6) is 5.75 Å². The third-order valence-electron chi connectivity index (χ3n) is 7.65. The predicted octanol–water partition coefficient (Wildman–Crippen LogP) is 8.01. The van der Waals surface area contributed by atoms with E-state index in [2.05, 4.69) is 15.6 Å². The highest BCUT2D eigenvalue weighted by Gasteiger charge is 2.22. The molecule has 2 aromatic rings. The Balaban J connectivity index is 1.61. The molecule has 0 fully saturated rings. The van der Waals surface area contributed by atoms with Crippen LogP contribution in [0.2, 0.25) is 5.02 Å². The molecule has 0 bridgehead atoms. The normalized spacial score (nSPS) is 13.7. The lowest BCUT2D eigenvalue weighted by Crippen LogP contribution is -2.47. The quantitative estimate of drug-likeness (QED) is 0.0511. The molecule has 3 amide bonds. The summed E-state index contributed by atoms with van der Waals surface area (Å²) in [6.45, 7) is 15.3. The summed E-state index contributed by atoms with van der Waals surface area (Å²) in [7, 11) is 0. The van der Waals surface area contributed by atoms with Crippen LogP contribution < -0.4 is 15.4 Å². The Hall–Kier alpha value is -5.43. The first-order chi connectivity index (χ1) is 26.3. The molecule has 1 aliphatic carbocycles. The van der Waals surface area contributed by atoms with Gasteiger partial charge in [-0.2, -0.15) is 0 Å². The summed E-state index contributed by atoms with van der Waals surface area (Å²) in [5.74, 6) is -1.13. The summed E-state index contributed by atoms with van der Waals surface area (Å²) in [6, 6.07) is 11.2. The highest BCUT2D eigenvalue weighted by molar-refractivity contribution is 6.31. The first-order valence-corrected chi connectivity index (χ1v) is 18.9. The number of nitrogens with one attached hydrogen (secondary N) is 2. The Morgan fingerprint density at radius 1 is 0.875 bits per heavy atom. The first kappa shape index (κ1) is 45.0. The number of guanidine groups is 1. The SMILES string of the molecule is CCCCOC(=O)c1cccc(CN(CC)C(=O)CCc2ccc(OC(=O)C3=CC=CC(N=C(NC(=O)OC(C)(C)C)NC(=O)OC(C)(C)C)C=C3)cc2Cl)c1. The number of aliphatic imine (C=N–C) groups is 1. The molecule has 0 heterocycles. The zero-order valence-electron chi connectivity index (χ0n) is 33.4. The van der Waals surface area contributed by atoms with Gasteiger partial charge < -0.3 is 23.8 Å². The number of alkyl carbamates (subject to hydrolysis) is 2. The van der Waals surface area contributed by atoms with Crippen LogP contribution in [0.15, 0.2) is 83.4 Å². The van der Waals surface area contributed by atoms with Crippen LogP contribution >= 0.6 is 11.6 Å². The van der Waals surface area contributed by atoms with E-state index < -0.39 is 35.4 Å². The minimum absolute atomic E-state index is 0.0776. The summed E-state index contributed by atoms with van der Waals surface area (Å²) in [5, 5.41) is 5.20. The van der Waals surface area contributed by atoms with Gasteiger partial charge in [0.05, 0.1) is 23.8 Å². The fraction of sp³-hybridized carbons (Fsp3) is 0.429. The van der Waals surface area contributed by atoms with Crippen molar-refractivity contribution in [3.63, 3.8) is 0 Å². The van der Waals surface area contributed by atoms with Gasteiger partial charge in [0.15, 0.2) is 0 Å². The molecule has 2 N–H and O–H groups in total. The number of rotatable bonds is 13. The van der Waals surface area contributed by atoms with E-state index in [1.807, 2.05) is 19.9 Å². The standard InChI is InChI=1S/C42H53ClN4O9/c1-9-11-24-53-36(49)31-16-12-14-28(25-31)27-47(10-2)35(48)23-20-29-19-22-33(26-34(29)43)54-37(50)30-15-13-17-32(21-18-30)44-38(45-39(51)55-41(3,4)5)46-40(52)56-42(6,7)8/h12-19,21-22,25-26,32H,9-11,20,23-24,27H2,1-8H3,(H2,44,45,46,51,52). The smallest absolute Gasteiger partial charge is 0.414 e. The maximum Gasteiger partial charge on any atom is 0.414 e. The fourth-order valence-corrected chi connectivity index (χ4v) is 5.27. The van der Waals surface area contributed by atoms with Gasteiger partial charge >= 0.3 is 24.1 Å². The Morgan fingerprint density at radius 2 is 1.55 bits per heavy atom. The Kier molecular flexibility index (Phi) is 16.9. The summed E-state index contributed by atoms with van der Waals surface area (Å²) in [5.41, 5.74) is 0.577. The highest BCUT2D eigenvalue weighted by atomic mass is 35.5. The van der Waals surface area contributed by atoms with Crippen LogP contribution in [0.3, 0.4) is 0 Å². The van der Waals surface area contributed by atoms with Gasteiger partial charge in [0, 0.05) is 24.5 Å². The molecular weight excluding hydrogens is 740 g/mol. The first-order valence-electron chi connectivity index (χ1n) is 18.5. The topological polar surface area (TPSA) is 162 Å². The molecule has 1 aliphatic rings. The zero-order chi connectivity index (χ0) is 41.5. The summed E-state index contributed by atoms with van der Waals surface area (Å²) in [6.07, 6.45) is 8.46. The van der Waals surface area contributed by atoms with E-state index in [0.717, 1.165) is 18.4 Å². The maximum atomic E-state index is 13.2. The minimum atomic E-state index is -0.837. The predicted molar refractivity (Wildman–Crippen MR) is 214 cm³/mol. The zero-order valence-corrected chi connectivity index (χ0v) is 34.2. The molecule has 13 nitrogen and oxygen atoms in total. The number of carbonyl (C=O) groups excluding carboxylic acids is 5. The van der Waals surface area contributed by atoms with E-state index in [9.17, 15) is 24.0 Å². The van der Waals surface area contributed by atoms with E-state index >= 15 is 0 Å². The second-order valence-electron chi connectivity index (χ2n) is 14.8. The molecule has 56 heavy (non-hydrogen) atoms. The van der Waals surface area contributed by atoms with Crippen molar-refractivity contribution in [1.82, 2.24) is 15.5 Å². The molecule has 0 radical (unpaired) electrons. The van der Waals surface area contributed by atoms with Crippen molar-refractivity contribution in [2.75, 3.05) is 13.2 Å². The molecule has 0 aliphatic heterocycles. The summed E-state index contributed by atoms with van der Waals surface area (Å²) < 4.78 is 21.5. The van der Waals surface area contributed by atoms with Gasteiger partial charge in [-0.25, -0.2) is 24.2 Å².